The van der Waals surface area contributed by atoms with Crippen molar-refractivity contribution in [2.24, 2.45) is 17.1 Å². The maximum absolute atomic E-state index is 6.08. The Morgan fingerprint density at radius 3 is 1.86 bits per heavy atom. The SMILES string of the molecule is CCC(CC)C(C)(C)C(N)OC(C)C. The van der Waals surface area contributed by atoms with Gasteiger partial charge in [0.05, 0.1) is 6.10 Å². The Balaban J connectivity index is 4.40. The summed E-state index contributed by atoms with van der Waals surface area (Å²) in [6, 6.07) is 0. The van der Waals surface area contributed by atoms with Gasteiger partial charge in [-0.1, -0.05) is 40.5 Å². The molecular formula is C12H27NO. The van der Waals surface area contributed by atoms with Crippen molar-refractivity contribution in [2.75, 3.05) is 0 Å². The van der Waals surface area contributed by atoms with E-state index in [1.54, 1.807) is 0 Å². The summed E-state index contributed by atoms with van der Waals surface area (Å²) in [4.78, 5) is 0. The molecule has 2 nitrogen and oxygen atoms in total. The van der Waals surface area contributed by atoms with Crippen LogP contribution in [0.1, 0.15) is 54.4 Å². The summed E-state index contributed by atoms with van der Waals surface area (Å²) in [6.45, 7) is 12.9. The lowest BCUT2D eigenvalue weighted by atomic mass is 9.74. The molecule has 0 radical (unpaired) electrons. The molecule has 86 valence electrons. The lowest BCUT2D eigenvalue weighted by Gasteiger charge is -2.39. The molecule has 0 spiro atoms. The second kappa shape index (κ2) is 5.72. The Bertz CT molecular complexity index is 150. The molecule has 0 bridgehead atoms. The number of nitrogens with two attached hydrogens (primary N) is 1. The second-order valence-electron chi connectivity index (χ2n) is 4.94. The maximum atomic E-state index is 6.08. The average Bonchev–Trinajstić information content (AvgIpc) is 2.04. The molecule has 2 heteroatoms. The van der Waals surface area contributed by atoms with Gasteiger partial charge in [0.2, 0.25) is 0 Å². The Morgan fingerprint density at radius 2 is 1.57 bits per heavy atom. The smallest absolute Gasteiger partial charge is 0.111 e. The van der Waals surface area contributed by atoms with E-state index in [0.717, 1.165) is 0 Å². The van der Waals surface area contributed by atoms with Crippen LogP contribution in [0.3, 0.4) is 0 Å². The van der Waals surface area contributed by atoms with Crippen LogP contribution >= 0.6 is 0 Å². The molecule has 0 rings (SSSR count). The summed E-state index contributed by atoms with van der Waals surface area (Å²) in [6.07, 6.45) is 2.38. The largest absolute Gasteiger partial charge is 0.360 e. The molecule has 14 heavy (non-hydrogen) atoms. The molecule has 0 aromatic rings. The lowest BCUT2D eigenvalue weighted by Crippen LogP contribution is -2.45. The van der Waals surface area contributed by atoms with Crippen LogP contribution in [-0.4, -0.2) is 12.3 Å². The molecular weight excluding hydrogens is 174 g/mol. The van der Waals surface area contributed by atoms with Crippen LogP contribution in [0.4, 0.5) is 0 Å². The summed E-state index contributed by atoms with van der Waals surface area (Å²) in [7, 11) is 0. The van der Waals surface area contributed by atoms with Gasteiger partial charge in [-0.05, 0) is 19.8 Å². The van der Waals surface area contributed by atoms with Crippen LogP contribution in [0.2, 0.25) is 0 Å². The van der Waals surface area contributed by atoms with Crippen molar-refractivity contribution in [3.05, 3.63) is 0 Å². The van der Waals surface area contributed by atoms with Gasteiger partial charge in [-0.25, -0.2) is 0 Å². The van der Waals surface area contributed by atoms with Crippen molar-refractivity contribution in [2.45, 2.75) is 66.7 Å². The lowest BCUT2D eigenvalue weighted by molar-refractivity contribution is -0.0783. The minimum Gasteiger partial charge on any atom is -0.360 e. The number of ether oxygens (including phenoxy) is 1. The standard InChI is InChI=1S/C12H27NO/c1-7-10(8-2)12(5,6)11(13)14-9(3)4/h9-11H,7-8,13H2,1-6H3. The summed E-state index contributed by atoms with van der Waals surface area (Å²) < 4.78 is 5.68. The highest BCUT2D eigenvalue weighted by Crippen LogP contribution is 2.35. The van der Waals surface area contributed by atoms with E-state index in [1.165, 1.54) is 12.8 Å². The summed E-state index contributed by atoms with van der Waals surface area (Å²) >= 11 is 0. The molecule has 1 unspecified atom stereocenters. The predicted octanol–water partition coefficient (Wildman–Crippen LogP) is 3.16. The molecule has 0 aliphatic heterocycles. The quantitative estimate of drug-likeness (QED) is 0.670. The van der Waals surface area contributed by atoms with Gasteiger partial charge >= 0.3 is 0 Å². The fourth-order valence-corrected chi connectivity index (χ4v) is 2.04. The van der Waals surface area contributed by atoms with Gasteiger partial charge in [-0.2, -0.15) is 0 Å². The van der Waals surface area contributed by atoms with Crippen molar-refractivity contribution in [3.8, 4) is 0 Å². The van der Waals surface area contributed by atoms with Gasteiger partial charge in [0.1, 0.15) is 6.23 Å². The summed E-state index contributed by atoms with van der Waals surface area (Å²) in [5, 5.41) is 0. The molecule has 0 fully saturated rings. The second-order valence-corrected chi connectivity index (χ2v) is 4.94. The van der Waals surface area contributed by atoms with Gasteiger partial charge in [0.25, 0.3) is 0 Å². The summed E-state index contributed by atoms with van der Waals surface area (Å²) in [5.41, 5.74) is 6.15. The monoisotopic (exact) mass is 201 g/mol. The van der Waals surface area contributed by atoms with Crippen molar-refractivity contribution < 1.29 is 4.74 Å². The molecule has 0 aliphatic rings. The Kier molecular flexibility index (Phi) is 5.68. The van der Waals surface area contributed by atoms with E-state index < -0.39 is 0 Å². The fraction of sp³-hybridized carbons (Fsp3) is 1.00. The van der Waals surface area contributed by atoms with Crippen molar-refractivity contribution in [1.82, 2.24) is 0 Å². The van der Waals surface area contributed by atoms with Crippen molar-refractivity contribution >= 4 is 0 Å². The highest BCUT2D eigenvalue weighted by molar-refractivity contribution is 4.82. The Hall–Kier alpha value is -0.0800. The highest BCUT2D eigenvalue weighted by Gasteiger charge is 2.34. The van der Waals surface area contributed by atoms with Gasteiger partial charge in [0.15, 0.2) is 0 Å². The molecule has 0 aromatic heterocycles. The molecule has 0 amide bonds. The third kappa shape index (κ3) is 3.58. The fourth-order valence-electron chi connectivity index (χ4n) is 2.04. The van der Waals surface area contributed by atoms with E-state index in [2.05, 4.69) is 27.7 Å². The molecule has 0 aliphatic carbocycles. The normalized spacial score (nSPS) is 15.2. The number of rotatable bonds is 6. The molecule has 0 aromatic carbocycles. The van der Waals surface area contributed by atoms with E-state index in [1.807, 2.05) is 13.8 Å². The van der Waals surface area contributed by atoms with Crippen LogP contribution in [-0.2, 0) is 4.74 Å². The van der Waals surface area contributed by atoms with E-state index in [0.29, 0.717) is 5.92 Å². The highest BCUT2D eigenvalue weighted by atomic mass is 16.5. The average molecular weight is 201 g/mol. The number of hydrogen-bond acceptors (Lipinski definition) is 2. The van der Waals surface area contributed by atoms with E-state index >= 15 is 0 Å². The first-order valence-electron chi connectivity index (χ1n) is 5.77. The molecule has 0 saturated carbocycles. The van der Waals surface area contributed by atoms with Gasteiger partial charge in [0, 0.05) is 5.41 Å². The van der Waals surface area contributed by atoms with Crippen LogP contribution < -0.4 is 5.73 Å². The first kappa shape index (κ1) is 13.9. The minimum absolute atomic E-state index is 0.0633. The Morgan fingerprint density at radius 1 is 1.14 bits per heavy atom. The number of hydrogen-bond donors (Lipinski definition) is 1. The zero-order valence-corrected chi connectivity index (χ0v) is 10.6. The molecule has 1 atom stereocenters. The van der Waals surface area contributed by atoms with Crippen LogP contribution in [0.15, 0.2) is 0 Å². The first-order chi connectivity index (χ1) is 6.36. The van der Waals surface area contributed by atoms with Crippen molar-refractivity contribution in [3.63, 3.8) is 0 Å². The zero-order valence-electron chi connectivity index (χ0n) is 10.6. The third-order valence-electron chi connectivity index (χ3n) is 3.19. The Labute approximate surface area is 89.2 Å². The van der Waals surface area contributed by atoms with E-state index in [9.17, 15) is 0 Å². The van der Waals surface area contributed by atoms with Crippen LogP contribution in [0, 0.1) is 11.3 Å². The topological polar surface area (TPSA) is 35.2 Å². The third-order valence-corrected chi connectivity index (χ3v) is 3.19. The maximum Gasteiger partial charge on any atom is 0.111 e. The van der Waals surface area contributed by atoms with Gasteiger partial charge < -0.3 is 10.5 Å². The molecule has 2 N–H and O–H groups in total. The molecule has 0 saturated heterocycles. The van der Waals surface area contributed by atoms with Gasteiger partial charge in [-0.3, -0.25) is 0 Å². The minimum atomic E-state index is -0.160. The van der Waals surface area contributed by atoms with Crippen molar-refractivity contribution in [1.29, 1.82) is 0 Å². The van der Waals surface area contributed by atoms with E-state index in [4.69, 9.17) is 10.5 Å². The molecule has 0 heterocycles. The van der Waals surface area contributed by atoms with Crippen LogP contribution in [0.5, 0.6) is 0 Å². The first-order valence-corrected chi connectivity index (χ1v) is 5.77. The van der Waals surface area contributed by atoms with E-state index in [-0.39, 0.29) is 17.7 Å². The zero-order chi connectivity index (χ0) is 11.4. The van der Waals surface area contributed by atoms with Gasteiger partial charge in [-0.15, -0.1) is 0 Å². The van der Waals surface area contributed by atoms with Crippen LogP contribution in [0.25, 0.3) is 0 Å². The predicted molar refractivity (Wildman–Crippen MR) is 62.0 cm³/mol. The summed E-state index contributed by atoms with van der Waals surface area (Å²) in [5.74, 6) is 0.635.